The Morgan fingerprint density at radius 3 is 2.23 bits per heavy atom. The van der Waals surface area contributed by atoms with Crippen LogP contribution in [0.5, 0.6) is 0 Å². The average molecular weight is 298 g/mol. The van der Waals surface area contributed by atoms with Crippen LogP contribution in [-0.4, -0.2) is 23.3 Å². The Labute approximate surface area is 92.4 Å². The first-order chi connectivity index (χ1) is 5.91. The maximum absolute atomic E-state index is 11.1. The minimum absolute atomic E-state index is 0.175. The van der Waals surface area contributed by atoms with Gasteiger partial charge < -0.3 is 4.74 Å². The monoisotopic (exact) mass is 298 g/mol. The number of ketones is 1. The summed E-state index contributed by atoms with van der Waals surface area (Å²) in [6, 6.07) is 0. The van der Waals surface area contributed by atoms with Gasteiger partial charge in [0, 0.05) is 6.42 Å². The molecule has 0 saturated carbocycles. The molecule has 0 aliphatic heterocycles. The van der Waals surface area contributed by atoms with Gasteiger partial charge in [-0.15, -0.1) is 0 Å². The number of hydrogen-bond acceptors (Lipinski definition) is 3. The summed E-state index contributed by atoms with van der Waals surface area (Å²) < 4.78 is 5.05. The molecule has 0 aliphatic carbocycles. The van der Waals surface area contributed by atoms with Gasteiger partial charge in [-0.1, -0.05) is 36.4 Å². The predicted molar refractivity (Wildman–Crippen MR) is 58.9 cm³/mol. The van der Waals surface area contributed by atoms with Gasteiger partial charge in [0.05, 0.1) is 18.0 Å². The van der Waals surface area contributed by atoms with Crippen LogP contribution in [0.1, 0.15) is 26.7 Å². The van der Waals surface area contributed by atoms with Crippen molar-refractivity contribution in [3.63, 3.8) is 0 Å². The molecular formula is C9H15IO3. The number of alkyl halides is 1. The summed E-state index contributed by atoms with van der Waals surface area (Å²) in [4.78, 5) is 22.1. The summed E-state index contributed by atoms with van der Waals surface area (Å²) in [7, 11) is 1.36. The molecule has 3 nitrogen and oxygen atoms in total. The molecule has 0 saturated heterocycles. The molecule has 0 spiro atoms. The molecule has 0 amide bonds. The topological polar surface area (TPSA) is 43.4 Å². The molecule has 76 valence electrons. The van der Waals surface area contributed by atoms with E-state index >= 15 is 0 Å². The molecule has 0 aromatic rings. The number of methoxy groups -OCH3 is 1. The van der Waals surface area contributed by atoms with Crippen molar-refractivity contribution in [1.82, 2.24) is 0 Å². The van der Waals surface area contributed by atoms with Crippen molar-refractivity contribution in [3.05, 3.63) is 0 Å². The van der Waals surface area contributed by atoms with Crippen molar-refractivity contribution in [3.8, 4) is 0 Å². The zero-order chi connectivity index (χ0) is 10.5. The van der Waals surface area contributed by atoms with Crippen LogP contribution >= 0.6 is 22.6 Å². The summed E-state index contributed by atoms with van der Waals surface area (Å²) in [5.41, 5.74) is -0.282. The van der Waals surface area contributed by atoms with E-state index in [-0.39, 0.29) is 17.2 Å². The summed E-state index contributed by atoms with van der Waals surface area (Å²) >= 11 is 2.03. The van der Waals surface area contributed by atoms with Crippen LogP contribution in [0.3, 0.4) is 0 Å². The number of hydrogen-bond donors (Lipinski definition) is 0. The van der Waals surface area contributed by atoms with E-state index in [2.05, 4.69) is 4.74 Å². The lowest BCUT2D eigenvalue weighted by atomic mass is 9.84. The summed E-state index contributed by atoms with van der Waals surface area (Å²) in [6.07, 6.45) is 0.733. The maximum Gasteiger partial charge on any atom is 0.306 e. The number of carbonyl (C=O) groups is 2. The molecule has 0 N–H and O–H groups in total. The SMILES string of the molecule is COC(=O)CC(C)(C)CC(=O)CI. The Bertz CT molecular complexity index is 179. The van der Waals surface area contributed by atoms with Crippen molar-refractivity contribution in [2.24, 2.45) is 5.41 Å². The maximum atomic E-state index is 11.1. The van der Waals surface area contributed by atoms with E-state index < -0.39 is 0 Å². The van der Waals surface area contributed by atoms with Crippen LogP contribution in [0, 0.1) is 5.41 Å². The Balaban J connectivity index is 4.07. The molecule has 0 bridgehead atoms. The van der Waals surface area contributed by atoms with Gasteiger partial charge in [0.15, 0.2) is 0 Å². The highest BCUT2D eigenvalue weighted by Crippen LogP contribution is 2.25. The van der Waals surface area contributed by atoms with E-state index in [0.29, 0.717) is 17.3 Å². The number of Topliss-reactive ketones (excluding diaryl/α,β-unsaturated/α-hetero) is 1. The first-order valence-corrected chi connectivity index (χ1v) is 5.58. The molecule has 0 aromatic heterocycles. The second-order valence-electron chi connectivity index (χ2n) is 3.77. The van der Waals surface area contributed by atoms with Crippen LogP contribution in [0.2, 0.25) is 0 Å². The Kier molecular flexibility index (Phi) is 5.51. The molecule has 4 heteroatoms. The van der Waals surface area contributed by atoms with E-state index in [0.717, 1.165) is 0 Å². The zero-order valence-electron chi connectivity index (χ0n) is 8.22. The third kappa shape index (κ3) is 6.01. The van der Waals surface area contributed by atoms with Gasteiger partial charge in [-0.05, 0) is 5.41 Å². The Morgan fingerprint density at radius 1 is 1.31 bits per heavy atom. The van der Waals surface area contributed by atoms with Gasteiger partial charge in [0.25, 0.3) is 0 Å². The first-order valence-electron chi connectivity index (χ1n) is 4.06. The normalized spacial score (nSPS) is 11.1. The lowest BCUT2D eigenvalue weighted by Crippen LogP contribution is -2.22. The Morgan fingerprint density at radius 2 is 1.85 bits per heavy atom. The fourth-order valence-electron chi connectivity index (χ4n) is 1.11. The number of ether oxygens (including phenoxy) is 1. The van der Waals surface area contributed by atoms with Crippen molar-refractivity contribution in [2.45, 2.75) is 26.7 Å². The molecular weight excluding hydrogens is 283 g/mol. The number of carbonyl (C=O) groups excluding carboxylic acids is 2. The third-order valence-corrected chi connectivity index (χ3v) is 2.53. The molecule has 0 radical (unpaired) electrons. The van der Waals surface area contributed by atoms with Gasteiger partial charge in [-0.2, -0.15) is 0 Å². The van der Waals surface area contributed by atoms with E-state index in [1.54, 1.807) is 0 Å². The van der Waals surface area contributed by atoms with Crippen molar-refractivity contribution in [2.75, 3.05) is 11.5 Å². The van der Waals surface area contributed by atoms with Crippen LogP contribution in [0.15, 0.2) is 0 Å². The molecule has 13 heavy (non-hydrogen) atoms. The standard InChI is InChI=1S/C9H15IO3/c1-9(2,4-7(11)6-10)5-8(12)13-3/h4-6H2,1-3H3. The molecule has 0 aromatic carbocycles. The molecule has 0 unspecified atom stereocenters. The number of rotatable bonds is 5. The quantitative estimate of drug-likeness (QED) is 0.443. The number of esters is 1. The van der Waals surface area contributed by atoms with Gasteiger partial charge in [0.1, 0.15) is 5.78 Å². The average Bonchev–Trinajstić information content (AvgIpc) is 2.02. The fourth-order valence-corrected chi connectivity index (χ4v) is 1.38. The highest BCUT2D eigenvalue weighted by molar-refractivity contribution is 14.1. The summed E-state index contributed by atoms with van der Waals surface area (Å²) in [5, 5.41) is 0. The lowest BCUT2D eigenvalue weighted by Gasteiger charge is -2.21. The van der Waals surface area contributed by atoms with Gasteiger partial charge >= 0.3 is 5.97 Å². The second kappa shape index (κ2) is 5.57. The molecule has 0 rings (SSSR count). The van der Waals surface area contributed by atoms with E-state index in [4.69, 9.17) is 0 Å². The molecule has 0 aliphatic rings. The van der Waals surface area contributed by atoms with Gasteiger partial charge in [0.2, 0.25) is 0 Å². The summed E-state index contributed by atoms with van der Waals surface area (Å²) in [6.45, 7) is 3.79. The lowest BCUT2D eigenvalue weighted by molar-refractivity contribution is -0.143. The largest absolute Gasteiger partial charge is 0.469 e. The third-order valence-electron chi connectivity index (χ3n) is 1.68. The van der Waals surface area contributed by atoms with Crippen LogP contribution in [-0.2, 0) is 14.3 Å². The van der Waals surface area contributed by atoms with Crippen molar-refractivity contribution < 1.29 is 14.3 Å². The van der Waals surface area contributed by atoms with E-state index in [1.165, 1.54) is 7.11 Å². The molecule has 0 atom stereocenters. The molecule has 0 fully saturated rings. The van der Waals surface area contributed by atoms with Crippen molar-refractivity contribution in [1.29, 1.82) is 0 Å². The first kappa shape index (κ1) is 12.9. The number of halogens is 1. The molecule has 0 heterocycles. The highest BCUT2D eigenvalue weighted by Gasteiger charge is 2.25. The van der Waals surface area contributed by atoms with Crippen LogP contribution in [0.4, 0.5) is 0 Å². The highest BCUT2D eigenvalue weighted by atomic mass is 127. The fraction of sp³-hybridized carbons (Fsp3) is 0.778. The predicted octanol–water partition coefficient (Wildman–Crippen LogP) is 1.97. The van der Waals surface area contributed by atoms with E-state index in [1.807, 2.05) is 36.4 Å². The zero-order valence-corrected chi connectivity index (χ0v) is 10.4. The van der Waals surface area contributed by atoms with Gasteiger partial charge in [-0.25, -0.2) is 0 Å². The smallest absolute Gasteiger partial charge is 0.306 e. The summed E-state index contributed by atoms with van der Waals surface area (Å²) in [5.74, 6) is -0.0826. The van der Waals surface area contributed by atoms with Crippen molar-refractivity contribution >= 4 is 34.3 Å². The van der Waals surface area contributed by atoms with E-state index in [9.17, 15) is 9.59 Å². The minimum atomic E-state index is -0.282. The minimum Gasteiger partial charge on any atom is -0.469 e. The van der Waals surface area contributed by atoms with Crippen LogP contribution in [0.25, 0.3) is 0 Å². The van der Waals surface area contributed by atoms with Gasteiger partial charge in [-0.3, -0.25) is 9.59 Å². The Hall–Kier alpha value is -0.130. The second-order valence-corrected chi connectivity index (χ2v) is 4.53. The van der Waals surface area contributed by atoms with Crippen LogP contribution < -0.4 is 0 Å².